The third kappa shape index (κ3) is 4.52. The number of carbonyl (C=O) groups is 2. The van der Waals surface area contributed by atoms with Crippen molar-refractivity contribution >= 4 is 34.5 Å². The lowest BCUT2D eigenvalue weighted by molar-refractivity contribution is -0.126. The topological polar surface area (TPSA) is 52.7 Å². The number of hydrogen-bond acceptors (Lipinski definition) is 5. The van der Waals surface area contributed by atoms with Crippen molar-refractivity contribution in [2.75, 3.05) is 33.7 Å². The van der Waals surface area contributed by atoms with Crippen molar-refractivity contribution < 1.29 is 9.59 Å². The van der Waals surface area contributed by atoms with Crippen LogP contribution >= 0.6 is 22.7 Å². The van der Waals surface area contributed by atoms with Crippen LogP contribution < -0.4 is 5.32 Å². The Kier molecular flexibility index (Phi) is 6.45. The van der Waals surface area contributed by atoms with Gasteiger partial charge in [0.05, 0.1) is 10.9 Å². The number of hydrogen-bond donors (Lipinski definition) is 1. The smallest absolute Gasteiger partial charge is 0.263 e. The van der Waals surface area contributed by atoms with Crippen molar-refractivity contribution in [1.82, 2.24) is 15.1 Å². The molecule has 0 aliphatic carbocycles. The molecule has 0 spiro atoms. The molecule has 1 N–H and O–H groups in total. The van der Waals surface area contributed by atoms with Crippen molar-refractivity contribution in [3.05, 3.63) is 44.8 Å². The summed E-state index contributed by atoms with van der Waals surface area (Å²) in [5.74, 6) is 0.187. The SMILES string of the molecule is CN(C)C(CNC(=O)C1CCN(C(=O)c2cccs2)CC1)c1ccsc1. The predicted octanol–water partition coefficient (Wildman–Crippen LogP) is 3.08. The second kappa shape index (κ2) is 8.79. The second-order valence-corrected chi connectivity index (χ2v) is 8.55. The maximum atomic E-state index is 12.6. The highest BCUT2D eigenvalue weighted by atomic mass is 32.1. The summed E-state index contributed by atoms with van der Waals surface area (Å²) in [5.41, 5.74) is 1.23. The van der Waals surface area contributed by atoms with Crippen LogP contribution in [0.3, 0.4) is 0 Å². The highest BCUT2D eigenvalue weighted by Crippen LogP contribution is 2.23. The Morgan fingerprint density at radius 3 is 2.62 bits per heavy atom. The molecule has 0 aromatic carbocycles. The van der Waals surface area contributed by atoms with E-state index in [2.05, 4.69) is 27.0 Å². The fraction of sp³-hybridized carbons (Fsp3) is 0.474. The Labute approximate surface area is 162 Å². The normalized spacial score (nSPS) is 16.7. The van der Waals surface area contributed by atoms with Gasteiger partial charge in [0.25, 0.3) is 5.91 Å². The van der Waals surface area contributed by atoms with Crippen LogP contribution in [0.5, 0.6) is 0 Å². The van der Waals surface area contributed by atoms with E-state index in [4.69, 9.17) is 0 Å². The zero-order valence-corrected chi connectivity index (χ0v) is 16.8. The van der Waals surface area contributed by atoms with Gasteiger partial charge in [-0.05, 0) is 60.8 Å². The largest absolute Gasteiger partial charge is 0.354 e. The van der Waals surface area contributed by atoms with E-state index in [-0.39, 0.29) is 23.8 Å². The standard InChI is InChI=1S/C19H25N3O2S2/c1-21(2)16(15-7-11-25-13-15)12-20-18(23)14-5-8-22(9-6-14)19(24)17-4-3-10-26-17/h3-4,7,10-11,13-14,16H,5-6,8-9,12H2,1-2H3,(H,20,23). The summed E-state index contributed by atoms with van der Waals surface area (Å²) < 4.78 is 0. The molecule has 2 aromatic rings. The summed E-state index contributed by atoms with van der Waals surface area (Å²) in [7, 11) is 4.06. The van der Waals surface area contributed by atoms with Gasteiger partial charge in [0.15, 0.2) is 0 Å². The Morgan fingerprint density at radius 2 is 2.04 bits per heavy atom. The number of rotatable bonds is 6. The van der Waals surface area contributed by atoms with E-state index in [1.54, 1.807) is 11.3 Å². The van der Waals surface area contributed by atoms with Gasteiger partial charge in [-0.15, -0.1) is 11.3 Å². The molecule has 0 radical (unpaired) electrons. The van der Waals surface area contributed by atoms with Gasteiger partial charge in [-0.25, -0.2) is 0 Å². The molecular weight excluding hydrogens is 366 g/mol. The Balaban J connectivity index is 1.48. The van der Waals surface area contributed by atoms with Crippen LogP contribution in [0.25, 0.3) is 0 Å². The van der Waals surface area contributed by atoms with E-state index in [0.29, 0.717) is 19.6 Å². The van der Waals surface area contributed by atoms with Crippen LogP contribution in [0.15, 0.2) is 34.3 Å². The van der Waals surface area contributed by atoms with E-state index in [0.717, 1.165) is 17.7 Å². The van der Waals surface area contributed by atoms with Crippen molar-refractivity contribution in [1.29, 1.82) is 0 Å². The third-order valence-corrected chi connectivity index (χ3v) is 6.47. The van der Waals surface area contributed by atoms with Gasteiger partial charge < -0.3 is 15.1 Å². The van der Waals surface area contributed by atoms with Gasteiger partial charge in [0.2, 0.25) is 5.91 Å². The Morgan fingerprint density at radius 1 is 1.27 bits per heavy atom. The van der Waals surface area contributed by atoms with Gasteiger partial charge in [-0.1, -0.05) is 6.07 Å². The van der Waals surface area contributed by atoms with Crippen LogP contribution in [0.1, 0.15) is 34.1 Å². The van der Waals surface area contributed by atoms with E-state index in [1.165, 1.54) is 16.9 Å². The molecule has 1 aliphatic rings. The molecule has 1 fully saturated rings. The average molecular weight is 392 g/mol. The fourth-order valence-corrected chi connectivity index (χ4v) is 4.70. The number of likely N-dealkylation sites (N-methyl/N-ethyl adjacent to an activating group) is 1. The fourth-order valence-electron chi connectivity index (χ4n) is 3.31. The monoisotopic (exact) mass is 391 g/mol. The lowest BCUT2D eigenvalue weighted by Crippen LogP contribution is -2.44. The molecular formula is C19H25N3O2S2. The lowest BCUT2D eigenvalue weighted by Gasteiger charge is -2.32. The number of nitrogens with zero attached hydrogens (tertiary/aromatic N) is 2. The number of amides is 2. The van der Waals surface area contributed by atoms with Crippen molar-refractivity contribution in [3.63, 3.8) is 0 Å². The van der Waals surface area contributed by atoms with Crippen LogP contribution in [0, 0.1) is 5.92 Å². The quantitative estimate of drug-likeness (QED) is 0.823. The van der Waals surface area contributed by atoms with Gasteiger partial charge >= 0.3 is 0 Å². The molecule has 0 saturated carbocycles. The third-order valence-electron chi connectivity index (χ3n) is 4.91. The molecule has 1 atom stereocenters. The van der Waals surface area contributed by atoms with Gasteiger partial charge in [-0.3, -0.25) is 9.59 Å². The summed E-state index contributed by atoms with van der Waals surface area (Å²) in [6.07, 6.45) is 1.46. The van der Waals surface area contributed by atoms with Gasteiger partial charge in [-0.2, -0.15) is 11.3 Å². The van der Waals surface area contributed by atoms with E-state index < -0.39 is 0 Å². The molecule has 2 amide bonds. The highest BCUT2D eigenvalue weighted by Gasteiger charge is 2.28. The summed E-state index contributed by atoms with van der Waals surface area (Å²) >= 11 is 3.14. The number of nitrogens with one attached hydrogen (secondary N) is 1. The summed E-state index contributed by atoms with van der Waals surface area (Å²) in [6, 6.07) is 6.05. The predicted molar refractivity (Wildman–Crippen MR) is 107 cm³/mol. The van der Waals surface area contributed by atoms with E-state index in [1.807, 2.05) is 36.5 Å². The van der Waals surface area contributed by atoms with Crippen molar-refractivity contribution in [2.45, 2.75) is 18.9 Å². The number of likely N-dealkylation sites (tertiary alicyclic amines) is 1. The molecule has 2 aromatic heterocycles. The minimum Gasteiger partial charge on any atom is -0.354 e. The average Bonchev–Trinajstić information content (AvgIpc) is 3.35. The Hall–Kier alpha value is -1.70. The second-order valence-electron chi connectivity index (χ2n) is 6.83. The zero-order valence-electron chi connectivity index (χ0n) is 15.2. The Bertz CT molecular complexity index is 705. The summed E-state index contributed by atoms with van der Waals surface area (Å²) in [6.45, 7) is 1.91. The molecule has 140 valence electrons. The van der Waals surface area contributed by atoms with E-state index >= 15 is 0 Å². The number of piperidine rings is 1. The first-order valence-electron chi connectivity index (χ1n) is 8.85. The lowest BCUT2D eigenvalue weighted by atomic mass is 9.95. The maximum absolute atomic E-state index is 12.6. The first-order valence-corrected chi connectivity index (χ1v) is 10.7. The number of thiophene rings is 2. The molecule has 1 unspecified atom stereocenters. The van der Waals surface area contributed by atoms with Crippen LogP contribution in [-0.4, -0.2) is 55.3 Å². The summed E-state index contributed by atoms with van der Waals surface area (Å²) in [4.78, 5) is 29.7. The number of carbonyl (C=O) groups excluding carboxylic acids is 2. The van der Waals surface area contributed by atoms with Crippen molar-refractivity contribution in [2.24, 2.45) is 5.92 Å². The zero-order chi connectivity index (χ0) is 18.5. The minimum absolute atomic E-state index is 0.00678. The molecule has 26 heavy (non-hydrogen) atoms. The van der Waals surface area contributed by atoms with Crippen LogP contribution in [0.4, 0.5) is 0 Å². The molecule has 1 aliphatic heterocycles. The first-order chi connectivity index (χ1) is 12.6. The summed E-state index contributed by atoms with van der Waals surface area (Å²) in [5, 5.41) is 9.23. The molecule has 5 nitrogen and oxygen atoms in total. The maximum Gasteiger partial charge on any atom is 0.263 e. The molecule has 7 heteroatoms. The molecule has 0 bridgehead atoms. The first kappa shape index (κ1) is 19.1. The van der Waals surface area contributed by atoms with Crippen molar-refractivity contribution in [3.8, 4) is 0 Å². The van der Waals surface area contributed by atoms with Gasteiger partial charge in [0, 0.05) is 25.6 Å². The molecule has 3 heterocycles. The molecule has 1 saturated heterocycles. The molecule has 3 rings (SSSR count). The highest BCUT2D eigenvalue weighted by molar-refractivity contribution is 7.12. The van der Waals surface area contributed by atoms with Crippen LogP contribution in [-0.2, 0) is 4.79 Å². The van der Waals surface area contributed by atoms with Gasteiger partial charge in [0.1, 0.15) is 0 Å². The van der Waals surface area contributed by atoms with Crippen LogP contribution in [0.2, 0.25) is 0 Å². The van der Waals surface area contributed by atoms with E-state index in [9.17, 15) is 9.59 Å². The minimum atomic E-state index is -0.00678.